The molecule has 0 aliphatic heterocycles. The topological polar surface area (TPSA) is 66.6 Å². The summed E-state index contributed by atoms with van der Waals surface area (Å²) in [6, 6.07) is 6.98. The zero-order valence-electron chi connectivity index (χ0n) is 12.0. The smallest absolute Gasteiger partial charge is 0.222 e. The van der Waals surface area contributed by atoms with E-state index in [1.54, 1.807) is 24.1 Å². The summed E-state index contributed by atoms with van der Waals surface area (Å²) < 4.78 is 0. The lowest BCUT2D eigenvalue weighted by Crippen LogP contribution is -2.30. The number of phenols is 1. The quantitative estimate of drug-likeness (QED) is 0.828. The van der Waals surface area contributed by atoms with Crippen molar-refractivity contribution in [3.05, 3.63) is 29.8 Å². The molecule has 2 unspecified atom stereocenters. The number of para-hydroxylation sites is 1. The maximum atomic E-state index is 12.1. The number of nitrogens with two attached hydrogens (primary N) is 1. The first-order valence-corrected chi connectivity index (χ1v) is 6.71. The zero-order valence-corrected chi connectivity index (χ0v) is 12.0. The van der Waals surface area contributed by atoms with Crippen LogP contribution in [0.25, 0.3) is 0 Å². The van der Waals surface area contributed by atoms with Gasteiger partial charge in [0.15, 0.2) is 0 Å². The van der Waals surface area contributed by atoms with E-state index in [4.69, 9.17) is 5.73 Å². The lowest BCUT2D eigenvalue weighted by atomic mass is 10.0. The fourth-order valence-corrected chi connectivity index (χ4v) is 1.93. The predicted octanol–water partition coefficient (Wildman–Crippen LogP) is 2.29. The molecule has 1 aromatic rings. The molecule has 0 fully saturated rings. The average molecular weight is 264 g/mol. The number of phenolic OH excluding ortho intramolecular Hbond substituents is 1. The van der Waals surface area contributed by atoms with Gasteiger partial charge in [0.25, 0.3) is 0 Å². The largest absolute Gasteiger partial charge is 0.508 e. The summed E-state index contributed by atoms with van der Waals surface area (Å²) in [6.07, 6.45) is 1.29. The number of benzene rings is 1. The van der Waals surface area contributed by atoms with Gasteiger partial charge >= 0.3 is 0 Å². The van der Waals surface area contributed by atoms with Gasteiger partial charge in [-0.3, -0.25) is 4.79 Å². The Labute approximate surface area is 115 Å². The molecular formula is C15H24N2O2. The minimum atomic E-state index is -0.137. The highest BCUT2D eigenvalue weighted by molar-refractivity contribution is 5.76. The summed E-state index contributed by atoms with van der Waals surface area (Å²) in [7, 11) is 1.77. The summed E-state index contributed by atoms with van der Waals surface area (Å²) in [5.41, 5.74) is 6.32. The summed E-state index contributed by atoms with van der Waals surface area (Å²) >= 11 is 0. The van der Waals surface area contributed by atoms with E-state index < -0.39 is 0 Å². The number of amides is 1. The second-order valence-electron chi connectivity index (χ2n) is 5.12. The summed E-state index contributed by atoms with van der Waals surface area (Å²) in [6.45, 7) is 4.56. The monoisotopic (exact) mass is 264 g/mol. The highest BCUT2D eigenvalue weighted by Crippen LogP contribution is 2.27. The fourth-order valence-electron chi connectivity index (χ4n) is 1.93. The van der Waals surface area contributed by atoms with Gasteiger partial charge in [-0.05, 0) is 31.9 Å². The third kappa shape index (κ3) is 4.24. The molecule has 4 nitrogen and oxygen atoms in total. The van der Waals surface area contributed by atoms with Crippen LogP contribution in [-0.2, 0) is 4.79 Å². The standard InChI is InChI=1S/C15H24N2O2/c1-11(10-16)8-9-15(19)17(3)12(2)13-6-4-5-7-14(13)18/h4-7,11-12,18H,8-10,16H2,1-3H3. The first-order chi connectivity index (χ1) is 8.97. The molecule has 3 N–H and O–H groups in total. The highest BCUT2D eigenvalue weighted by atomic mass is 16.3. The van der Waals surface area contributed by atoms with Gasteiger partial charge in [-0.2, -0.15) is 0 Å². The second-order valence-corrected chi connectivity index (χ2v) is 5.12. The Morgan fingerprint density at radius 2 is 2.00 bits per heavy atom. The number of hydrogen-bond acceptors (Lipinski definition) is 3. The lowest BCUT2D eigenvalue weighted by molar-refractivity contribution is -0.132. The highest BCUT2D eigenvalue weighted by Gasteiger charge is 2.19. The van der Waals surface area contributed by atoms with Crippen LogP contribution in [-0.4, -0.2) is 29.5 Å². The SMILES string of the molecule is CC(CN)CCC(=O)N(C)C(C)c1ccccc1O. The summed E-state index contributed by atoms with van der Waals surface area (Å²) in [4.78, 5) is 13.8. The number of nitrogens with zero attached hydrogens (tertiary/aromatic N) is 1. The Balaban J connectivity index is 2.64. The minimum Gasteiger partial charge on any atom is -0.508 e. The van der Waals surface area contributed by atoms with Crippen LogP contribution in [0, 0.1) is 5.92 Å². The number of hydrogen-bond donors (Lipinski definition) is 2. The van der Waals surface area contributed by atoms with Gasteiger partial charge in [0.2, 0.25) is 5.91 Å². The first-order valence-electron chi connectivity index (χ1n) is 6.71. The average Bonchev–Trinajstić information content (AvgIpc) is 2.43. The molecule has 0 aromatic heterocycles. The Hall–Kier alpha value is -1.55. The minimum absolute atomic E-state index is 0.0797. The van der Waals surface area contributed by atoms with E-state index in [1.807, 2.05) is 26.0 Å². The lowest BCUT2D eigenvalue weighted by Gasteiger charge is -2.26. The zero-order chi connectivity index (χ0) is 14.4. The number of carbonyl (C=O) groups excluding carboxylic acids is 1. The fraction of sp³-hybridized carbons (Fsp3) is 0.533. The second kappa shape index (κ2) is 7.14. The van der Waals surface area contributed by atoms with Crippen LogP contribution >= 0.6 is 0 Å². The molecule has 1 rings (SSSR count). The van der Waals surface area contributed by atoms with Crippen LogP contribution in [0.4, 0.5) is 0 Å². The molecule has 0 aliphatic rings. The Morgan fingerprint density at radius 3 is 2.58 bits per heavy atom. The first kappa shape index (κ1) is 15.5. The molecule has 0 heterocycles. The molecule has 0 aliphatic carbocycles. The number of rotatable bonds is 6. The van der Waals surface area contributed by atoms with E-state index in [1.165, 1.54) is 0 Å². The Morgan fingerprint density at radius 1 is 1.37 bits per heavy atom. The van der Waals surface area contributed by atoms with Gasteiger partial charge in [-0.25, -0.2) is 0 Å². The van der Waals surface area contributed by atoms with E-state index in [2.05, 4.69) is 0 Å². The van der Waals surface area contributed by atoms with Crippen LogP contribution in [0.3, 0.4) is 0 Å². The van der Waals surface area contributed by atoms with Crippen LogP contribution in [0.2, 0.25) is 0 Å². The Kier molecular flexibility index (Phi) is 5.83. The van der Waals surface area contributed by atoms with E-state index in [-0.39, 0.29) is 17.7 Å². The molecule has 2 atom stereocenters. The van der Waals surface area contributed by atoms with Crippen molar-refractivity contribution in [1.82, 2.24) is 4.90 Å². The van der Waals surface area contributed by atoms with E-state index in [0.717, 1.165) is 12.0 Å². The third-order valence-electron chi connectivity index (χ3n) is 3.61. The number of carbonyl (C=O) groups is 1. The van der Waals surface area contributed by atoms with Crippen molar-refractivity contribution in [2.75, 3.05) is 13.6 Å². The van der Waals surface area contributed by atoms with Gasteiger partial charge in [-0.15, -0.1) is 0 Å². The normalized spacial score (nSPS) is 13.9. The molecule has 106 valence electrons. The van der Waals surface area contributed by atoms with Crippen LogP contribution in [0.15, 0.2) is 24.3 Å². The van der Waals surface area contributed by atoms with Gasteiger partial charge in [0.1, 0.15) is 5.75 Å². The molecule has 19 heavy (non-hydrogen) atoms. The molecule has 0 bridgehead atoms. The van der Waals surface area contributed by atoms with Gasteiger partial charge in [-0.1, -0.05) is 25.1 Å². The molecule has 0 saturated heterocycles. The van der Waals surface area contributed by atoms with Crippen molar-refractivity contribution >= 4 is 5.91 Å². The van der Waals surface area contributed by atoms with Crippen molar-refractivity contribution in [2.24, 2.45) is 11.7 Å². The van der Waals surface area contributed by atoms with Crippen molar-refractivity contribution in [2.45, 2.75) is 32.7 Å². The van der Waals surface area contributed by atoms with Crippen molar-refractivity contribution in [3.63, 3.8) is 0 Å². The molecule has 4 heteroatoms. The maximum absolute atomic E-state index is 12.1. The van der Waals surface area contributed by atoms with Crippen molar-refractivity contribution in [3.8, 4) is 5.75 Å². The van der Waals surface area contributed by atoms with Crippen LogP contribution < -0.4 is 5.73 Å². The van der Waals surface area contributed by atoms with E-state index in [9.17, 15) is 9.90 Å². The Bertz CT molecular complexity index is 420. The van der Waals surface area contributed by atoms with Gasteiger partial charge in [0, 0.05) is 19.0 Å². The van der Waals surface area contributed by atoms with Crippen molar-refractivity contribution < 1.29 is 9.90 Å². The summed E-state index contributed by atoms with van der Waals surface area (Å²) in [5.74, 6) is 0.666. The molecule has 1 amide bonds. The third-order valence-corrected chi connectivity index (χ3v) is 3.61. The molecular weight excluding hydrogens is 240 g/mol. The van der Waals surface area contributed by atoms with Gasteiger partial charge < -0.3 is 15.7 Å². The van der Waals surface area contributed by atoms with Gasteiger partial charge in [0.05, 0.1) is 6.04 Å². The molecule has 1 aromatic carbocycles. The van der Waals surface area contributed by atoms with Crippen LogP contribution in [0.5, 0.6) is 5.75 Å². The summed E-state index contributed by atoms with van der Waals surface area (Å²) in [5, 5.41) is 9.81. The predicted molar refractivity (Wildman–Crippen MR) is 76.7 cm³/mol. The van der Waals surface area contributed by atoms with Crippen molar-refractivity contribution in [1.29, 1.82) is 0 Å². The molecule has 0 radical (unpaired) electrons. The molecule has 0 spiro atoms. The molecule has 0 saturated carbocycles. The maximum Gasteiger partial charge on any atom is 0.222 e. The number of aromatic hydroxyl groups is 1. The van der Waals surface area contributed by atoms with Crippen LogP contribution in [0.1, 0.15) is 38.3 Å². The van der Waals surface area contributed by atoms with E-state index >= 15 is 0 Å². The van der Waals surface area contributed by atoms with E-state index in [0.29, 0.717) is 18.9 Å².